The van der Waals surface area contributed by atoms with Crippen LogP contribution in [0.1, 0.15) is 38.7 Å². The molecule has 0 bridgehead atoms. The highest BCUT2D eigenvalue weighted by Gasteiger charge is 2.20. The second-order valence-corrected chi connectivity index (χ2v) is 6.13. The summed E-state index contributed by atoms with van der Waals surface area (Å²) in [6.07, 6.45) is 2.07. The molecule has 0 heterocycles. The van der Waals surface area contributed by atoms with Crippen molar-refractivity contribution in [2.45, 2.75) is 44.9 Å². The molecule has 0 aliphatic heterocycles. The third-order valence-corrected chi connectivity index (χ3v) is 3.58. The van der Waals surface area contributed by atoms with E-state index in [0.717, 1.165) is 5.56 Å². The number of hydrogen-bond donors (Lipinski definition) is 7. The molecule has 10 heteroatoms. The number of carbonyl (C=O) groups is 3. The molecular formula is C19H36N6O3S. The summed E-state index contributed by atoms with van der Waals surface area (Å²) in [4.78, 5) is 34.5. The molecule has 166 valence electrons. The summed E-state index contributed by atoms with van der Waals surface area (Å²) in [5, 5.41) is 7.74. The van der Waals surface area contributed by atoms with Gasteiger partial charge >= 0.3 is 6.03 Å². The van der Waals surface area contributed by atoms with E-state index >= 15 is 0 Å². The minimum atomic E-state index is -0.750. The predicted molar refractivity (Wildman–Crippen MR) is 122 cm³/mol. The number of amides is 4. The van der Waals surface area contributed by atoms with Gasteiger partial charge in [-0.3, -0.25) is 9.59 Å². The van der Waals surface area contributed by atoms with Gasteiger partial charge in [-0.2, -0.15) is 12.6 Å². The van der Waals surface area contributed by atoms with E-state index in [1.54, 1.807) is 12.1 Å². The van der Waals surface area contributed by atoms with Crippen molar-refractivity contribution in [2.24, 2.45) is 17.2 Å². The van der Waals surface area contributed by atoms with E-state index < -0.39 is 18.0 Å². The summed E-state index contributed by atoms with van der Waals surface area (Å²) < 4.78 is 0. The number of benzene rings is 1. The average molecular weight is 429 g/mol. The lowest BCUT2D eigenvalue weighted by Crippen LogP contribution is -2.46. The van der Waals surface area contributed by atoms with Gasteiger partial charge in [0.1, 0.15) is 6.04 Å². The molecular weight excluding hydrogens is 392 g/mol. The lowest BCUT2D eigenvalue weighted by Gasteiger charge is -2.18. The Morgan fingerprint density at radius 3 is 2.10 bits per heavy atom. The van der Waals surface area contributed by atoms with Crippen LogP contribution in [0.5, 0.6) is 0 Å². The number of thiol groups is 1. The van der Waals surface area contributed by atoms with E-state index in [-0.39, 0.29) is 12.5 Å². The fraction of sp³-hybridized carbons (Fsp3) is 0.526. The molecule has 1 unspecified atom stereocenters. The van der Waals surface area contributed by atoms with Gasteiger partial charge < -0.3 is 33.2 Å². The second-order valence-electron chi connectivity index (χ2n) is 5.81. The number of primary amides is 1. The Kier molecular flexibility index (Phi) is 19.0. The molecule has 0 aliphatic carbocycles. The van der Waals surface area contributed by atoms with Gasteiger partial charge in [-0.05, 0) is 37.6 Å². The highest BCUT2D eigenvalue weighted by Crippen LogP contribution is 2.12. The molecule has 0 spiro atoms. The van der Waals surface area contributed by atoms with Crippen molar-refractivity contribution in [2.75, 3.05) is 25.5 Å². The summed E-state index contributed by atoms with van der Waals surface area (Å²) >= 11 is 4.17. The van der Waals surface area contributed by atoms with Crippen LogP contribution in [0.25, 0.3) is 0 Å². The van der Waals surface area contributed by atoms with Gasteiger partial charge in [-0.25, -0.2) is 4.79 Å². The lowest BCUT2D eigenvalue weighted by molar-refractivity contribution is -0.125. The van der Waals surface area contributed by atoms with Crippen LogP contribution in [0.15, 0.2) is 24.3 Å². The van der Waals surface area contributed by atoms with Crippen molar-refractivity contribution in [3.05, 3.63) is 29.8 Å². The zero-order valence-electron chi connectivity index (χ0n) is 17.5. The Labute approximate surface area is 178 Å². The highest BCUT2D eigenvalue weighted by molar-refractivity contribution is 7.79. The molecule has 4 amide bonds. The van der Waals surface area contributed by atoms with Crippen molar-refractivity contribution < 1.29 is 14.4 Å². The SMILES string of the molecule is CCC.CN.NCC(=O)NC(CCCNC(N)=O)C(=O)Nc1ccc(CS)cc1. The average Bonchev–Trinajstić information content (AvgIpc) is 2.72. The number of rotatable bonds is 9. The summed E-state index contributed by atoms with van der Waals surface area (Å²) in [5.74, 6) is -0.172. The Morgan fingerprint density at radius 2 is 1.66 bits per heavy atom. The molecule has 1 aromatic carbocycles. The van der Waals surface area contributed by atoms with E-state index in [1.807, 2.05) is 12.1 Å². The fourth-order valence-electron chi connectivity index (χ4n) is 1.96. The first-order valence-electron chi connectivity index (χ1n) is 9.48. The number of nitrogens with one attached hydrogen (secondary N) is 3. The highest BCUT2D eigenvalue weighted by atomic mass is 32.1. The first kappa shape index (κ1) is 28.9. The van der Waals surface area contributed by atoms with E-state index in [9.17, 15) is 14.4 Å². The topological polar surface area (TPSA) is 165 Å². The Morgan fingerprint density at radius 1 is 1.10 bits per heavy atom. The molecule has 9 N–H and O–H groups in total. The van der Waals surface area contributed by atoms with Crippen molar-refractivity contribution in [1.29, 1.82) is 0 Å². The minimum absolute atomic E-state index is 0.208. The first-order chi connectivity index (χ1) is 13.9. The number of carbonyl (C=O) groups excluding carboxylic acids is 3. The molecule has 9 nitrogen and oxygen atoms in total. The Balaban J connectivity index is 0. The van der Waals surface area contributed by atoms with Gasteiger partial charge in [0, 0.05) is 18.0 Å². The third-order valence-electron chi connectivity index (χ3n) is 3.21. The Bertz CT molecular complexity index is 584. The Hall–Kier alpha value is -2.30. The fourth-order valence-corrected chi connectivity index (χ4v) is 2.17. The number of urea groups is 1. The molecule has 0 saturated heterocycles. The van der Waals surface area contributed by atoms with Crippen LogP contribution in [-0.2, 0) is 15.3 Å². The van der Waals surface area contributed by atoms with Crippen LogP contribution >= 0.6 is 12.6 Å². The quantitative estimate of drug-likeness (QED) is 0.229. The maximum atomic E-state index is 12.4. The van der Waals surface area contributed by atoms with Crippen molar-refractivity contribution in [1.82, 2.24) is 10.6 Å². The van der Waals surface area contributed by atoms with Gasteiger partial charge in [0.05, 0.1) is 6.54 Å². The molecule has 1 aromatic rings. The molecule has 1 rings (SSSR count). The number of nitrogens with two attached hydrogens (primary N) is 3. The monoisotopic (exact) mass is 428 g/mol. The van der Waals surface area contributed by atoms with Gasteiger partial charge in [0.25, 0.3) is 0 Å². The zero-order chi connectivity index (χ0) is 22.7. The van der Waals surface area contributed by atoms with Crippen LogP contribution in [-0.4, -0.2) is 44.0 Å². The maximum absolute atomic E-state index is 12.4. The van der Waals surface area contributed by atoms with Crippen molar-refractivity contribution in [3.63, 3.8) is 0 Å². The molecule has 0 saturated carbocycles. The maximum Gasteiger partial charge on any atom is 0.312 e. The van der Waals surface area contributed by atoms with E-state index in [4.69, 9.17) is 11.5 Å². The first-order valence-corrected chi connectivity index (χ1v) is 10.1. The van der Waals surface area contributed by atoms with Gasteiger partial charge in [-0.15, -0.1) is 0 Å². The van der Waals surface area contributed by atoms with E-state index in [0.29, 0.717) is 30.8 Å². The normalized spacial score (nSPS) is 10.3. The van der Waals surface area contributed by atoms with Crippen molar-refractivity contribution >= 4 is 36.2 Å². The molecule has 29 heavy (non-hydrogen) atoms. The van der Waals surface area contributed by atoms with Crippen LogP contribution in [0, 0.1) is 0 Å². The van der Waals surface area contributed by atoms with Crippen LogP contribution in [0.4, 0.5) is 10.5 Å². The minimum Gasteiger partial charge on any atom is -0.352 e. The zero-order valence-corrected chi connectivity index (χ0v) is 18.4. The summed E-state index contributed by atoms with van der Waals surface area (Å²) in [5.41, 5.74) is 16.4. The number of anilines is 1. The summed E-state index contributed by atoms with van der Waals surface area (Å²) in [7, 11) is 1.50. The standard InChI is InChI=1S/C15H23N5O3S.C3H8.CH5N/c16-8-13(21)20-12(2-1-7-18-15(17)23)14(22)19-11-5-3-10(9-24)4-6-11;1-3-2;1-2/h3-6,12,24H,1-2,7-9,16H2,(H,19,22)(H,20,21)(H3,17,18,23);3H2,1-2H3;2H2,1H3. The molecule has 0 aromatic heterocycles. The van der Waals surface area contributed by atoms with Crippen molar-refractivity contribution in [3.8, 4) is 0 Å². The second kappa shape index (κ2) is 19.0. The lowest BCUT2D eigenvalue weighted by atomic mass is 10.1. The van der Waals surface area contributed by atoms with Crippen LogP contribution in [0.3, 0.4) is 0 Å². The molecule has 0 fully saturated rings. The largest absolute Gasteiger partial charge is 0.352 e. The smallest absolute Gasteiger partial charge is 0.312 e. The summed E-state index contributed by atoms with van der Waals surface area (Å²) in [6.45, 7) is 4.36. The van der Waals surface area contributed by atoms with E-state index in [2.05, 4.69) is 48.2 Å². The molecule has 0 aliphatic rings. The predicted octanol–water partition coefficient (Wildman–Crippen LogP) is 0.938. The summed E-state index contributed by atoms with van der Waals surface area (Å²) in [6, 6.07) is 5.85. The molecule has 0 radical (unpaired) electrons. The van der Waals surface area contributed by atoms with Gasteiger partial charge in [0.15, 0.2) is 0 Å². The van der Waals surface area contributed by atoms with Gasteiger partial charge in [-0.1, -0.05) is 32.4 Å². The van der Waals surface area contributed by atoms with Gasteiger partial charge in [0.2, 0.25) is 11.8 Å². The van der Waals surface area contributed by atoms with Crippen LogP contribution < -0.4 is 33.2 Å². The molecule has 1 atom stereocenters. The van der Waals surface area contributed by atoms with Crippen LogP contribution in [0.2, 0.25) is 0 Å². The third kappa shape index (κ3) is 15.3. The number of hydrogen-bond acceptors (Lipinski definition) is 6. The van der Waals surface area contributed by atoms with E-state index in [1.165, 1.54) is 13.5 Å².